The highest BCUT2D eigenvalue weighted by atomic mass is 16.7. The van der Waals surface area contributed by atoms with Gasteiger partial charge in [-0.15, -0.1) is 0 Å². The largest absolute Gasteiger partial charge is 0.381 e. The van der Waals surface area contributed by atoms with Gasteiger partial charge in [-0.1, -0.05) is 12.1 Å². The summed E-state index contributed by atoms with van der Waals surface area (Å²) in [6, 6.07) is 5.21. The van der Waals surface area contributed by atoms with E-state index >= 15 is 0 Å². The molecule has 8 heteroatoms. The van der Waals surface area contributed by atoms with Crippen LogP contribution in [0.3, 0.4) is 0 Å². The number of carbonyl (C=O) groups excluding carboxylic acids is 3. The number of fused-ring (bicyclic) bond motifs is 1. The molecule has 8 nitrogen and oxygen atoms in total. The predicted octanol–water partition coefficient (Wildman–Crippen LogP) is 1.94. The first-order chi connectivity index (χ1) is 15.1. The van der Waals surface area contributed by atoms with E-state index in [1.807, 2.05) is 18.2 Å². The molecule has 4 rings (SSSR count). The van der Waals surface area contributed by atoms with Gasteiger partial charge in [0.25, 0.3) is 5.91 Å². The van der Waals surface area contributed by atoms with Crippen LogP contribution >= 0.6 is 0 Å². The second-order valence-electron chi connectivity index (χ2n) is 8.27. The van der Waals surface area contributed by atoms with Crippen LogP contribution in [-0.2, 0) is 36.8 Å². The SMILES string of the molecule is O=C1CCC(N2Cc3cc(CCOCCCOC4CCCCO4)ccc3C2=O)C(=O)N1. The molecule has 0 radical (unpaired) electrons. The maximum absolute atomic E-state index is 12.7. The number of hydrogen-bond donors (Lipinski definition) is 1. The number of piperidine rings is 1. The number of carbonyl (C=O) groups is 3. The van der Waals surface area contributed by atoms with Crippen molar-refractivity contribution in [3.05, 3.63) is 34.9 Å². The molecule has 2 unspecified atom stereocenters. The maximum Gasteiger partial charge on any atom is 0.255 e. The molecule has 31 heavy (non-hydrogen) atoms. The van der Waals surface area contributed by atoms with Crippen LogP contribution in [0.2, 0.25) is 0 Å². The van der Waals surface area contributed by atoms with Gasteiger partial charge in [0.1, 0.15) is 6.04 Å². The molecule has 1 aromatic carbocycles. The van der Waals surface area contributed by atoms with Crippen LogP contribution in [0.25, 0.3) is 0 Å². The Labute approximate surface area is 182 Å². The van der Waals surface area contributed by atoms with Crippen molar-refractivity contribution in [1.82, 2.24) is 10.2 Å². The van der Waals surface area contributed by atoms with Crippen LogP contribution in [0, 0.1) is 0 Å². The van der Waals surface area contributed by atoms with Crippen molar-refractivity contribution in [2.24, 2.45) is 0 Å². The Balaban J connectivity index is 1.19. The van der Waals surface area contributed by atoms with E-state index in [9.17, 15) is 14.4 Å². The fourth-order valence-corrected chi connectivity index (χ4v) is 4.29. The molecule has 0 aliphatic carbocycles. The molecule has 0 spiro atoms. The predicted molar refractivity (Wildman–Crippen MR) is 111 cm³/mol. The van der Waals surface area contributed by atoms with E-state index in [0.29, 0.717) is 38.3 Å². The highest BCUT2D eigenvalue weighted by Gasteiger charge is 2.38. The Morgan fingerprint density at radius 2 is 2.00 bits per heavy atom. The van der Waals surface area contributed by atoms with Crippen LogP contribution in [0.5, 0.6) is 0 Å². The molecule has 0 aromatic heterocycles. The van der Waals surface area contributed by atoms with Crippen molar-refractivity contribution in [3.63, 3.8) is 0 Å². The lowest BCUT2D eigenvalue weighted by molar-refractivity contribution is -0.164. The van der Waals surface area contributed by atoms with Crippen LogP contribution in [-0.4, -0.2) is 61.4 Å². The quantitative estimate of drug-likeness (QED) is 0.475. The third-order valence-electron chi connectivity index (χ3n) is 6.00. The summed E-state index contributed by atoms with van der Waals surface area (Å²) in [5, 5.41) is 2.33. The zero-order valence-electron chi connectivity index (χ0n) is 17.8. The summed E-state index contributed by atoms with van der Waals surface area (Å²) in [6.45, 7) is 3.07. The van der Waals surface area contributed by atoms with E-state index in [4.69, 9.17) is 14.2 Å². The van der Waals surface area contributed by atoms with Crippen molar-refractivity contribution in [2.75, 3.05) is 26.4 Å². The molecule has 2 fully saturated rings. The van der Waals surface area contributed by atoms with Gasteiger partial charge in [-0.3, -0.25) is 19.7 Å². The summed E-state index contributed by atoms with van der Waals surface area (Å²) in [7, 11) is 0. The van der Waals surface area contributed by atoms with Gasteiger partial charge < -0.3 is 19.1 Å². The van der Waals surface area contributed by atoms with Gasteiger partial charge in [0.2, 0.25) is 11.8 Å². The van der Waals surface area contributed by atoms with Gasteiger partial charge in [0.15, 0.2) is 6.29 Å². The van der Waals surface area contributed by atoms with E-state index in [-0.39, 0.29) is 30.4 Å². The van der Waals surface area contributed by atoms with E-state index in [1.165, 1.54) is 6.42 Å². The second kappa shape index (κ2) is 10.3. The first-order valence-electron chi connectivity index (χ1n) is 11.2. The van der Waals surface area contributed by atoms with Crippen LogP contribution in [0.4, 0.5) is 0 Å². The molecular formula is C23H30N2O6. The molecule has 3 aliphatic heterocycles. The minimum atomic E-state index is -0.578. The molecule has 0 saturated carbocycles. The maximum atomic E-state index is 12.7. The van der Waals surface area contributed by atoms with Crippen LogP contribution in [0.15, 0.2) is 18.2 Å². The smallest absolute Gasteiger partial charge is 0.255 e. The Bertz CT molecular complexity index is 820. The highest BCUT2D eigenvalue weighted by molar-refractivity contribution is 6.05. The second-order valence-corrected chi connectivity index (χ2v) is 8.27. The zero-order valence-corrected chi connectivity index (χ0v) is 17.8. The van der Waals surface area contributed by atoms with Gasteiger partial charge >= 0.3 is 0 Å². The monoisotopic (exact) mass is 430 g/mol. The molecule has 2 atom stereocenters. The van der Waals surface area contributed by atoms with Gasteiger partial charge in [-0.25, -0.2) is 0 Å². The average Bonchev–Trinajstić information content (AvgIpc) is 3.09. The van der Waals surface area contributed by atoms with Crippen LogP contribution < -0.4 is 5.32 Å². The summed E-state index contributed by atoms with van der Waals surface area (Å²) in [5.41, 5.74) is 2.66. The molecule has 1 aromatic rings. The summed E-state index contributed by atoms with van der Waals surface area (Å²) >= 11 is 0. The van der Waals surface area contributed by atoms with Crippen molar-refractivity contribution < 1.29 is 28.6 Å². The van der Waals surface area contributed by atoms with Gasteiger partial charge in [-0.05, 0) is 55.7 Å². The normalized spacial score (nSPS) is 23.7. The van der Waals surface area contributed by atoms with Crippen molar-refractivity contribution >= 4 is 17.7 Å². The average molecular weight is 431 g/mol. The van der Waals surface area contributed by atoms with Crippen LogP contribution in [0.1, 0.15) is 60.0 Å². The number of benzene rings is 1. The summed E-state index contributed by atoms with van der Waals surface area (Å²) in [6.07, 6.45) is 5.43. The first-order valence-corrected chi connectivity index (χ1v) is 11.2. The van der Waals surface area contributed by atoms with Gasteiger partial charge in [-0.2, -0.15) is 0 Å². The van der Waals surface area contributed by atoms with Gasteiger partial charge in [0, 0.05) is 31.7 Å². The molecular weight excluding hydrogens is 400 g/mol. The molecule has 3 amide bonds. The number of ether oxygens (including phenoxy) is 3. The number of rotatable bonds is 9. The number of nitrogens with one attached hydrogen (secondary N) is 1. The lowest BCUT2D eigenvalue weighted by atomic mass is 10.0. The van der Waals surface area contributed by atoms with Crippen molar-refractivity contribution in [1.29, 1.82) is 0 Å². The van der Waals surface area contributed by atoms with E-state index in [2.05, 4.69) is 5.32 Å². The Morgan fingerprint density at radius 3 is 2.81 bits per heavy atom. The van der Waals surface area contributed by atoms with E-state index in [1.54, 1.807) is 4.90 Å². The summed E-state index contributed by atoms with van der Waals surface area (Å²) < 4.78 is 17.0. The minimum absolute atomic E-state index is 0.0531. The molecule has 3 heterocycles. The molecule has 168 valence electrons. The van der Waals surface area contributed by atoms with E-state index in [0.717, 1.165) is 43.4 Å². The number of amides is 3. The summed E-state index contributed by atoms with van der Waals surface area (Å²) in [4.78, 5) is 37.8. The van der Waals surface area contributed by atoms with E-state index < -0.39 is 6.04 Å². The Morgan fingerprint density at radius 1 is 1.10 bits per heavy atom. The third-order valence-corrected chi connectivity index (χ3v) is 6.00. The number of nitrogens with zero attached hydrogens (tertiary/aromatic N) is 1. The van der Waals surface area contributed by atoms with Crippen molar-refractivity contribution in [3.8, 4) is 0 Å². The Hall–Kier alpha value is -2.29. The Kier molecular flexibility index (Phi) is 7.32. The first kappa shape index (κ1) is 21.9. The highest BCUT2D eigenvalue weighted by Crippen LogP contribution is 2.28. The molecule has 1 N–H and O–H groups in total. The van der Waals surface area contributed by atoms with Crippen molar-refractivity contribution in [2.45, 2.75) is 63.8 Å². The molecule has 2 saturated heterocycles. The fourth-order valence-electron chi connectivity index (χ4n) is 4.29. The topological polar surface area (TPSA) is 94.2 Å². The molecule has 0 bridgehead atoms. The minimum Gasteiger partial charge on any atom is -0.381 e. The lowest BCUT2D eigenvalue weighted by Crippen LogP contribution is -2.52. The zero-order chi connectivity index (χ0) is 21.6. The lowest BCUT2D eigenvalue weighted by Gasteiger charge is -2.29. The molecule has 3 aliphatic rings. The number of imide groups is 1. The number of hydrogen-bond acceptors (Lipinski definition) is 6. The standard InChI is InChI=1S/C23H30N2O6/c26-20-8-7-19(22(27)24-20)25-15-17-14-16(5-6-18(17)23(25)28)9-13-29-10-3-12-31-21-4-1-2-11-30-21/h5-6,14,19,21H,1-4,7-13,15H2,(H,24,26,27). The fraction of sp³-hybridized carbons (Fsp3) is 0.609. The van der Waals surface area contributed by atoms with Gasteiger partial charge in [0.05, 0.1) is 13.2 Å². The summed E-state index contributed by atoms with van der Waals surface area (Å²) in [5.74, 6) is -0.805. The third kappa shape index (κ3) is 5.50.